The summed E-state index contributed by atoms with van der Waals surface area (Å²) in [6.07, 6.45) is 2.02. The number of nitrogens with one attached hydrogen (secondary N) is 1. The van der Waals surface area contributed by atoms with Gasteiger partial charge in [-0.05, 0) is 59.0 Å². The molecule has 5 aromatic rings. The van der Waals surface area contributed by atoms with E-state index < -0.39 is 16.1 Å². The molecule has 0 aliphatic rings. The summed E-state index contributed by atoms with van der Waals surface area (Å²) >= 11 is 10.3. The van der Waals surface area contributed by atoms with Gasteiger partial charge in [0.15, 0.2) is 0 Å². The van der Waals surface area contributed by atoms with Crippen LogP contribution in [0.4, 0.5) is 0 Å². The van der Waals surface area contributed by atoms with Gasteiger partial charge >= 0.3 is 0 Å². The van der Waals surface area contributed by atoms with E-state index in [9.17, 15) is 8.42 Å². The molecule has 1 atom stereocenters. The quantitative estimate of drug-likeness (QED) is 0.164. The lowest BCUT2D eigenvalue weighted by Crippen LogP contribution is -2.25. The lowest BCUT2D eigenvalue weighted by atomic mass is 10.1. The Balaban J connectivity index is 1.77. The van der Waals surface area contributed by atoms with Gasteiger partial charge in [-0.3, -0.25) is 4.72 Å². The molecular weight excluding hydrogens is 629 g/mol. The van der Waals surface area contributed by atoms with Gasteiger partial charge in [-0.1, -0.05) is 149 Å². The third-order valence-corrected chi connectivity index (χ3v) is 14.1. The fourth-order valence-corrected chi connectivity index (χ4v) is 10.5. The molecule has 41 heavy (non-hydrogen) atoms. The van der Waals surface area contributed by atoms with Crippen LogP contribution in [0.5, 0.6) is 0 Å². The molecule has 3 nitrogen and oxygen atoms in total. The van der Waals surface area contributed by atoms with Gasteiger partial charge in [0, 0.05) is 16.2 Å². The molecule has 0 fully saturated rings. The van der Waals surface area contributed by atoms with E-state index in [1.165, 1.54) is 0 Å². The van der Waals surface area contributed by atoms with E-state index in [2.05, 4.69) is 57.1 Å². The van der Waals surface area contributed by atoms with E-state index in [0.717, 1.165) is 31.8 Å². The van der Waals surface area contributed by atoms with E-state index in [1.807, 2.05) is 91.9 Å². The first-order valence-corrected chi connectivity index (χ1v) is 18.3. The smallest absolute Gasteiger partial charge is 0.261 e. The highest BCUT2D eigenvalue weighted by Gasteiger charge is 2.33. The van der Waals surface area contributed by atoms with Crippen LogP contribution in [0.2, 0.25) is 0 Å². The van der Waals surface area contributed by atoms with Crippen LogP contribution in [0.15, 0.2) is 155 Å². The van der Waals surface area contributed by atoms with Crippen LogP contribution in [0.25, 0.3) is 5.70 Å². The molecule has 0 heterocycles. The molecule has 0 spiro atoms. The second-order valence-corrected chi connectivity index (χ2v) is 16.9. The standard InChI is InChI=1S/C34H29BrNO2PS2/c1-26-17-23-32(24-18-26)41(37,38)36-33(27-11-5-2-6-12-27)25-34(28-19-21-29(35)22-20-28)39(40,30-13-7-3-8-14-30)31-15-9-4-10-16-31/h2-25,34,36H,1H3/b33-25-/t34-/m1/s1. The minimum Gasteiger partial charge on any atom is -0.279 e. The van der Waals surface area contributed by atoms with Crippen molar-refractivity contribution in [2.24, 2.45) is 0 Å². The van der Waals surface area contributed by atoms with Crippen molar-refractivity contribution in [3.63, 3.8) is 0 Å². The Hall–Kier alpha value is -3.28. The Morgan fingerprint density at radius 2 is 1.22 bits per heavy atom. The van der Waals surface area contributed by atoms with Crippen LogP contribution in [-0.2, 0) is 21.8 Å². The minimum absolute atomic E-state index is 0.204. The molecule has 0 aromatic heterocycles. The largest absolute Gasteiger partial charge is 0.279 e. The number of hydrogen-bond donors (Lipinski definition) is 1. The molecule has 0 bridgehead atoms. The zero-order chi connectivity index (χ0) is 28.9. The predicted molar refractivity (Wildman–Crippen MR) is 179 cm³/mol. The molecule has 0 saturated carbocycles. The van der Waals surface area contributed by atoms with Crippen molar-refractivity contribution >= 4 is 60.1 Å². The Morgan fingerprint density at radius 1 is 0.732 bits per heavy atom. The van der Waals surface area contributed by atoms with Gasteiger partial charge in [-0.25, -0.2) is 8.42 Å². The average molecular weight is 659 g/mol. The molecule has 5 rings (SSSR count). The van der Waals surface area contributed by atoms with Gasteiger partial charge in [0.05, 0.1) is 10.6 Å². The van der Waals surface area contributed by atoms with Crippen molar-refractivity contribution in [1.29, 1.82) is 0 Å². The van der Waals surface area contributed by atoms with Gasteiger partial charge in [0.25, 0.3) is 10.0 Å². The summed E-state index contributed by atoms with van der Waals surface area (Å²) in [7, 11) is -3.88. The Bertz CT molecular complexity index is 1750. The number of benzene rings is 5. The normalized spacial score (nSPS) is 13.0. The molecule has 0 unspecified atom stereocenters. The Morgan fingerprint density at radius 3 is 1.73 bits per heavy atom. The number of allylic oxidation sites excluding steroid dienone is 1. The molecule has 206 valence electrons. The van der Waals surface area contributed by atoms with Crippen molar-refractivity contribution in [1.82, 2.24) is 4.72 Å². The molecule has 5 aromatic carbocycles. The summed E-state index contributed by atoms with van der Waals surface area (Å²) in [5.74, 6) is 0. The fraction of sp³-hybridized carbons (Fsp3) is 0.0588. The number of aryl methyl sites for hydroxylation is 1. The molecule has 7 heteroatoms. The van der Waals surface area contributed by atoms with E-state index >= 15 is 0 Å². The van der Waals surface area contributed by atoms with E-state index in [1.54, 1.807) is 24.3 Å². The lowest BCUT2D eigenvalue weighted by Gasteiger charge is -2.32. The van der Waals surface area contributed by atoms with Gasteiger partial charge in [-0.15, -0.1) is 0 Å². The van der Waals surface area contributed by atoms with Crippen LogP contribution < -0.4 is 15.3 Å². The summed E-state index contributed by atoms with van der Waals surface area (Å²) < 4.78 is 31.3. The monoisotopic (exact) mass is 657 g/mol. The van der Waals surface area contributed by atoms with Crippen LogP contribution in [-0.4, -0.2) is 8.42 Å². The number of rotatable bonds is 9. The first-order valence-electron chi connectivity index (χ1n) is 13.1. The second-order valence-electron chi connectivity index (χ2n) is 9.69. The lowest BCUT2D eigenvalue weighted by molar-refractivity contribution is 0.591. The SMILES string of the molecule is Cc1ccc(S(=O)(=O)N/C(=C\[C@H](c2ccc(Br)cc2)P(=S)(c2ccccc2)c2ccccc2)c2ccccc2)cc1. The van der Waals surface area contributed by atoms with Crippen LogP contribution >= 0.6 is 22.0 Å². The number of halogens is 1. The summed E-state index contributed by atoms with van der Waals surface area (Å²) in [5, 5.41) is 2.11. The highest BCUT2D eigenvalue weighted by atomic mass is 79.9. The average Bonchev–Trinajstić information content (AvgIpc) is 3.01. The maximum Gasteiger partial charge on any atom is 0.261 e. The van der Waals surface area contributed by atoms with Crippen LogP contribution in [0, 0.1) is 6.92 Å². The zero-order valence-corrected chi connectivity index (χ0v) is 26.5. The van der Waals surface area contributed by atoms with Gasteiger partial charge < -0.3 is 0 Å². The summed E-state index contributed by atoms with van der Waals surface area (Å²) in [4.78, 5) is 0.204. The summed E-state index contributed by atoms with van der Waals surface area (Å²) in [5.41, 5.74) is 2.93. The van der Waals surface area contributed by atoms with Crippen molar-refractivity contribution < 1.29 is 8.42 Å². The highest BCUT2D eigenvalue weighted by molar-refractivity contribution is 9.10. The number of sulfonamides is 1. The van der Waals surface area contributed by atoms with E-state index in [0.29, 0.717) is 5.70 Å². The molecule has 0 aliphatic carbocycles. The maximum atomic E-state index is 13.7. The number of hydrogen-bond acceptors (Lipinski definition) is 3. The topological polar surface area (TPSA) is 46.2 Å². The maximum absolute atomic E-state index is 13.7. The molecule has 0 aliphatic heterocycles. The fourth-order valence-electron chi connectivity index (χ4n) is 4.73. The van der Waals surface area contributed by atoms with Gasteiger partial charge in [0.2, 0.25) is 0 Å². The predicted octanol–water partition coefficient (Wildman–Crippen LogP) is 7.95. The van der Waals surface area contributed by atoms with Crippen molar-refractivity contribution in [2.75, 3.05) is 0 Å². The third-order valence-electron chi connectivity index (χ3n) is 6.87. The molecular formula is C34H29BrNO2PS2. The molecule has 0 radical (unpaired) electrons. The van der Waals surface area contributed by atoms with Gasteiger partial charge in [-0.2, -0.15) is 0 Å². The zero-order valence-electron chi connectivity index (χ0n) is 22.4. The first kappa shape index (κ1) is 29.2. The molecule has 0 amide bonds. The van der Waals surface area contributed by atoms with Crippen molar-refractivity contribution in [2.45, 2.75) is 17.5 Å². The van der Waals surface area contributed by atoms with Crippen LogP contribution in [0.3, 0.4) is 0 Å². The molecule has 1 N–H and O–H groups in total. The van der Waals surface area contributed by atoms with Crippen molar-refractivity contribution in [3.8, 4) is 0 Å². The van der Waals surface area contributed by atoms with Crippen molar-refractivity contribution in [3.05, 3.63) is 167 Å². The van der Waals surface area contributed by atoms with E-state index in [4.69, 9.17) is 11.8 Å². The van der Waals surface area contributed by atoms with Gasteiger partial charge in [0.1, 0.15) is 0 Å². The van der Waals surface area contributed by atoms with Crippen LogP contribution in [0.1, 0.15) is 22.3 Å². The Labute approximate surface area is 256 Å². The van der Waals surface area contributed by atoms with E-state index in [-0.39, 0.29) is 10.6 Å². The Kier molecular flexibility index (Phi) is 9.06. The summed E-state index contributed by atoms with van der Waals surface area (Å²) in [6, 6.07) is 42.4. The first-order chi connectivity index (χ1) is 19.8. The highest BCUT2D eigenvalue weighted by Crippen LogP contribution is 2.59. The third kappa shape index (κ3) is 6.63. The molecule has 0 saturated heterocycles. The summed E-state index contributed by atoms with van der Waals surface area (Å²) in [6.45, 7) is 1.93. The minimum atomic E-state index is -3.88. The second kappa shape index (κ2) is 12.7.